The van der Waals surface area contributed by atoms with Crippen molar-refractivity contribution in [1.82, 2.24) is 20.0 Å². The molecular weight excluding hydrogens is 264 g/mol. The molecule has 0 aliphatic carbocycles. The van der Waals surface area contributed by atoms with E-state index in [0.29, 0.717) is 19.5 Å². The number of amides is 2. The van der Waals surface area contributed by atoms with Crippen LogP contribution in [0.2, 0.25) is 0 Å². The Morgan fingerprint density at radius 3 is 2.90 bits per heavy atom. The van der Waals surface area contributed by atoms with Gasteiger partial charge in [0.2, 0.25) is 0 Å². The molecule has 2 heterocycles. The fraction of sp³-hybridized carbons (Fsp3) is 0.583. The van der Waals surface area contributed by atoms with E-state index in [1.165, 1.54) is 4.90 Å². The van der Waals surface area contributed by atoms with Gasteiger partial charge in [-0.15, -0.1) is 0 Å². The van der Waals surface area contributed by atoms with Crippen LogP contribution >= 0.6 is 0 Å². The third-order valence-corrected chi connectivity index (χ3v) is 3.22. The summed E-state index contributed by atoms with van der Waals surface area (Å²) in [5.41, 5.74) is 0. The van der Waals surface area contributed by atoms with E-state index in [4.69, 9.17) is 5.11 Å². The summed E-state index contributed by atoms with van der Waals surface area (Å²) in [6.45, 7) is 1.16. The minimum absolute atomic E-state index is 0.0575. The first-order valence-electron chi connectivity index (χ1n) is 6.50. The Morgan fingerprint density at radius 1 is 1.45 bits per heavy atom. The Balaban J connectivity index is 1.75. The normalized spacial score (nSPS) is 21.9. The van der Waals surface area contributed by atoms with Crippen LogP contribution in [0.15, 0.2) is 18.5 Å². The summed E-state index contributed by atoms with van der Waals surface area (Å²) in [6, 6.07) is 0.423. The van der Waals surface area contributed by atoms with E-state index >= 15 is 0 Å². The molecule has 1 aromatic rings. The number of likely N-dealkylation sites (tertiary alicyclic amines) is 1. The zero-order chi connectivity index (χ0) is 14.5. The molecule has 2 atom stereocenters. The first-order valence-corrected chi connectivity index (χ1v) is 6.50. The lowest BCUT2D eigenvalue weighted by atomic mass is 10.2. The number of rotatable bonds is 5. The Morgan fingerprint density at radius 2 is 2.25 bits per heavy atom. The lowest BCUT2D eigenvalue weighted by Crippen LogP contribution is -2.46. The number of aliphatic carboxylic acids is 1. The molecule has 1 aliphatic heterocycles. The van der Waals surface area contributed by atoms with E-state index in [9.17, 15) is 14.7 Å². The van der Waals surface area contributed by atoms with Crippen LogP contribution in [0.5, 0.6) is 0 Å². The molecule has 1 aliphatic rings. The van der Waals surface area contributed by atoms with Crippen LogP contribution in [0.4, 0.5) is 4.79 Å². The topological polar surface area (TPSA) is 108 Å². The van der Waals surface area contributed by atoms with Crippen molar-refractivity contribution < 1.29 is 19.8 Å². The molecule has 0 unspecified atom stereocenters. The Bertz CT molecular complexity index is 462. The van der Waals surface area contributed by atoms with Gasteiger partial charge < -0.3 is 20.4 Å². The zero-order valence-electron chi connectivity index (χ0n) is 11.0. The zero-order valence-corrected chi connectivity index (χ0v) is 11.0. The predicted molar refractivity (Wildman–Crippen MR) is 69.0 cm³/mol. The molecule has 20 heavy (non-hydrogen) atoms. The van der Waals surface area contributed by atoms with E-state index < -0.39 is 24.1 Å². The van der Waals surface area contributed by atoms with E-state index in [1.807, 2.05) is 12.3 Å². The van der Waals surface area contributed by atoms with Crippen molar-refractivity contribution in [3.05, 3.63) is 18.5 Å². The number of aliphatic hydroxyl groups excluding tert-OH is 1. The van der Waals surface area contributed by atoms with E-state index in [2.05, 4.69) is 10.4 Å². The van der Waals surface area contributed by atoms with Crippen molar-refractivity contribution in [2.45, 2.75) is 31.5 Å². The van der Waals surface area contributed by atoms with Crippen LogP contribution in [0.3, 0.4) is 0 Å². The molecule has 2 rings (SSSR count). The number of carboxylic acid groups (broad SMARTS) is 1. The monoisotopic (exact) mass is 282 g/mol. The highest BCUT2D eigenvalue weighted by molar-refractivity contribution is 5.83. The lowest BCUT2D eigenvalue weighted by molar-refractivity contribution is -0.141. The van der Waals surface area contributed by atoms with Gasteiger partial charge in [-0.1, -0.05) is 0 Å². The maximum Gasteiger partial charge on any atom is 0.326 e. The molecule has 0 spiro atoms. The number of nitrogens with zero attached hydrogens (tertiary/aromatic N) is 3. The van der Waals surface area contributed by atoms with Crippen LogP contribution in [0.1, 0.15) is 12.8 Å². The largest absolute Gasteiger partial charge is 0.480 e. The summed E-state index contributed by atoms with van der Waals surface area (Å²) in [7, 11) is 0. The number of β-amino-alcohol motifs (C(OH)–C–C–N with tert-alkyl or cyclic N) is 1. The molecule has 8 nitrogen and oxygen atoms in total. The number of carboxylic acids is 1. The number of carbonyl (C=O) groups is 2. The molecule has 1 fully saturated rings. The summed E-state index contributed by atoms with van der Waals surface area (Å²) in [6.07, 6.45) is 3.52. The van der Waals surface area contributed by atoms with Crippen molar-refractivity contribution >= 4 is 12.0 Å². The van der Waals surface area contributed by atoms with Gasteiger partial charge >= 0.3 is 12.0 Å². The van der Waals surface area contributed by atoms with Gasteiger partial charge in [0, 0.05) is 38.4 Å². The van der Waals surface area contributed by atoms with Gasteiger partial charge in [0.05, 0.1) is 6.10 Å². The van der Waals surface area contributed by atoms with Crippen molar-refractivity contribution in [3.63, 3.8) is 0 Å². The van der Waals surface area contributed by atoms with Crippen LogP contribution < -0.4 is 5.32 Å². The highest BCUT2D eigenvalue weighted by Crippen LogP contribution is 2.17. The lowest BCUT2D eigenvalue weighted by Gasteiger charge is -2.21. The average Bonchev–Trinajstić information content (AvgIpc) is 3.03. The quantitative estimate of drug-likeness (QED) is 0.631. The standard InChI is InChI=1S/C12H18N4O4/c17-9-7-10(11(18)19)16(8-9)12(20)13-3-1-5-15-6-2-4-14-15/h2,4,6,9-10,17H,1,3,5,7-8H2,(H,13,20)(H,18,19)/t9-,10-/m1/s1. The second-order valence-electron chi connectivity index (χ2n) is 4.75. The smallest absolute Gasteiger partial charge is 0.326 e. The van der Waals surface area contributed by atoms with E-state index in [-0.39, 0.29) is 13.0 Å². The highest BCUT2D eigenvalue weighted by Gasteiger charge is 2.38. The molecule has 2 amide bonds. The van der Waals surface area contributed by atoms with Crippen molar-refractivity contribution in [3.8, 4) is 0 Å². The summed E-state index contributed by atoms with van der Waals surface area (Å²) < 4.78 is 1.76. The third-order valence-electron chi connectivity index (χ3n) is 3.22. The molecule has 3 N–H and O–H groups in total. The second kappa shape index (κ2) is 6.38. The molecular formula is C12H18N4O4. The van der Waals surface area contributed by atoms with E-state index in [1.54, 1.807) is 10.9 Å². The molecule has 0 saturated carbocycles. The van der Waals surface area contributed by atoms with Gasteiger partial charge in [0.1, 0.15) is 6.04 Å². The average molecular weight is 282 g/mol. The molecule has 0 aromatic carbocycles. The Hall–Kier alpha value is -2.09. The van der Waals surface area contributed by atoms with Crippen molar-refractivity contribution in [2.24, 2.45) is 0 Å². The molecule has 1 saturated heterocycles. The van der Waals surface area contributed by atoms with E-state index in [0.717, 1.165) is 0 Å². The van der Waals surface area contributed by atoms with Crippen molar-refractivity contribution in [1.29, 1.82) is 0 Å². The summed E-state index contributed by atoms with van der Waals surface area (Å²) in [4.78, 5) is 24.1. The number of hydrogen-bond acceptors (Lipinski definition) is 4. The van der Waals surface area contributed by atoms with Gasteiger partial charge in [-0.3, -0.25) is 4.68 Å². The Kier molecular flexibility index (Phi) is 4.57. The Labute approximate surface area is 116 Å². The number of nitrogens with one attached hydrogen (secondary N) is 1. The third kappa shape index (κ3) is 3.47. The van der Waals surface area contributed by atoms with Gasteiger partial charge in [-0.25, -0.2) is 9.59 Å². The summed E-state index contributed by atoms with van der Waals surface area (Å²) >= 11 is 0. The number of aromatic nitrogens is 2. The number of hydrogen-bond donors (Lipinski definition) is 3. The van der Waals surface area contributed by atoms with Gasteiger partial charge in [-0.2, -0.15) is 5.10 Å². The minimum Gasteiger partial charge on any atom is -0.480 e. The number of aryl methyl sites for hydroxylation is 1. The minimum atomic E-state index is -1.09. The van der Waals surface area contributed by atoms with Gasteiger partial charge in [0.25, 0.3) is 0 Å². The maximum atomic E-state index is 11.9. The molecule has 0 bridgehead atoms. The maximum absolute atomic E-state index is 11.9. The molecule has 110 valence electrons. The number of urea groups is 1. The fourth-order valence-electron chi connectivity index (χ4n) is 2.24. The predicted octanol–water partition coefficient (Wildman–Crippen LogP) is -0.497. The van der Waals surface area contributed by atoms with Crippen LogP contribution in [-0.4, -0.2) is 62.1 Å². The summed E-state index contributed by atoms with van der Waals surface area (Å²) in [5, 5.41) is 25.2. The van der Waals surface area contributed by atoms with Crippen LogP contribution in [-0.2, 0) is 11.3 Å². The van der Waals surface area contributed by atoms with Gasteiger partial charge in [0.15, 0.2) is 0 Å². The molecule has 0 radical (unpaired) electrons. The molecule has 8 heteroatoms. The number of carbonyl (C=O) groups excluding carboxylic acids is 1. The first-order chi connectivity index (χ1) is 9.58. The SMILES string of the molecule is O=C(O)[C@H]1C[C@@H](O)CN1C(=O)NCCCn1cccn1. The highest BCUT2D eigenvalue weighted by atomic mass is 16.4. The second-order valence-corrected chi connectivity index (χ2v) is 4.75. The summed E-state index contributed by atoms with van der Waals surface area (Å²) in [5.74, 6) is -1.09. The fourth-order valence-corrected chi connectivity index (χ4v) is 2.24. The molecule has 1 aromatic heterocycles. The number of aliphatic hydroxyl groups is 1. The van der Waals surface area contributed by atoms with Crippen molar-refractivity contribution in [2.75, 3.05) is 13.1 Å². The van der Waals surface area contributed by atoms with Crippen LogP contribution in [0, 0.1) is 0 Å². The van der Waals surface area contributed by atoms with Gasteiger partial charge in [-0.05, 0) is 12.5 Å². The van der Waals surface area contributed by atoms with Crippen LogP contribution in [0.25, 0.3) is 0 Å². The first kappa shape index (κ1) is 14.3.